The Morgan fingerprint density at radius 3 is 2.40 bits per heavy atom. The van der Waals surface area contributed by atoms with Crippen molar-refractivity contribution >= 4 is 41.1 Å². The van der Waals surface area contributed by atoms with Crippen LogP contribution >= 0.6 is 23.2 Å². The van der Waals surface area contributed by atoms with E-state index in [2.05, 4.69) is 14.9 Å². The van der Waals surface area contributed by atoms with Crippen molar-refractivity contribution in [3.8, 4) is 11.5 Å². The van der Waals surface area contributed by atoms with Gasteiger partial charge in [-0.2, -0.15) is 0 Å². The molecule has 1 saturated carbocycles. The molecular weight excluding hydrogens is 679 g/mol. The molecule has 4 aromatic rings. The van der Waals surface area contributed by atoms with E-state index in [0.29, 0.717) is 56.7 Å². The maximum absolute atomic E-state index is 13.6. The number of nitrogens with zero attached hydrogens (tertiary/aromatic N) is 4. The first-order valence-corrected chi connectivity index (χ1v) is 17.7. The number of carbonyl (C=O) groups excluding carboxylic acids is 2. The lowest BCUT2D eigenvalue weighted by atomic mass is 9.86. The Kier molecular flexibility index (Phi) is 10.4. The van der Waals surface area contributed by atoms with Crippen LogP contribution < -0.4 is 9.64 Å². The number of fused-ring (bicyclic) bond motifs is 3. The summed E-state index contributed by atoms with van der Waals surface area (Å²) in [7, 11) is 0. The van der Waals surface area contributed by atoms with Crippen LogP contribution in [0.5, 0.6) is 11.5 Å². The lowest BCUT2D eigenvalue weighted by Crippen LogP contribution is -2.53. The SMILES string of the molecule is O=C(O[C@H](Cc1c(Cl)cncc1Cl)c1ccc(O)c(OCC2CC2)c1)c1ccc(CN(C(=O)O[C@H]2CN3CCC2CC3)c2ccccn2)cc1. The van der Waals surface area contributed by atoms with Gasteiger partial charge in [0.2, 0.25) is 0 Å². The van der Waals surface area contributed by atoms with E-state index in [4.69, 9.17) is 37.4 Å². The Labute approximate surface area is 300 Å². The van der Waals surface area contributed by atoms with E-state index in [-0.39, 0.29) is 24.8 Å². The Morgan fingerprint density at radius 1 is 0.980 bits per heavy atom. The Bertz CT molecular complexity index is 1800. The van der Waals surface area contributed by atoms with Crippen molar-refractivity contribution in [2.24, 2.45) is 11.8 Å². The number of amides is 1. The minimum Gasteiger partial charge on any atom is -0.504 e. The largest absolute Gasteiger partial charge is 0.504 e. The number of phenolic OH excluding ortho intramolecular Hbond substituents is 1. The van der Waals surface area contributed by atoms with Crippen LogP contribution in [0.4, 0.5) is 10.6 Å². The first-order valence-electron chi connectivity index (χ1n) is 17.0. The zero-order valence-electron chi connectivity index (χ0n) is 27.4. The molecule has 2 aromatic heterocycles. The van der Waals surface area contributed by atoms with E-state index in [0.717, 1.165) is 50.9 Å². The number of benzene rings is 2. The molecule has 3 saturated heterocycles. The number of anilines is 1. The number of hydrogen-bond acceptors (Lipinski definition) is 9. The van der Waals surface area contributed by atoms with Crippen molar-refractivity contribution in [2.45, 2.75) is 50.9 Å². The van der Waals surface area contributed by atoms with Crippen LogP contribution in [-0.2, 0) is 22.4 Å². The summed E-state index contributed by atoms with van der Waals surface area (Å²) in [6, 6.07) is 17.2. The minimum atomic E-state index is -0.816. The van der Waals surface area contributed by atoms with Crippen molar-refractivity contribution in [1.29, 1.82) is 0 Å². The summed E-state index contributed by atoms with van der Waals surface area (Å²) >= 11 is 12.9. The Morgan fingerprint density at radius 2 is 1.74 bits per heavy atom. The van der Waals surface area contributed by atoms with Gasteiger partial charge in [0.15, 0.2) is 11.5 Å². The van der Waals surface area contributed by atoms with Gasteiger partial charge >= 0.3 is 12.1 Å². The van der Waals surface area contributed by atoms with Crippen LogP contribution in [0.2, 0.25) is 10.0 Å². The molecule has 10 nitrogen and oxygen atoms in total. The normalized spacial score (nSPS) is 20.2. The fourth-order valence-corrected chi connectivity index (χ4v) is 7.02. The summed E-state index contributed by atoms with van der Waals surface area (Å²) in [5.74, 6) is 1.08. The highest BCUT2D eigenvalue weighted by Gasteiger charge is 2.37. The third-order valence-corrected chi connectivity index (χ3v) is 10.3. The van der Waals surface area contributed by atoms with Gasteiger partial charge in [-0.3, -0.25) is 14.8 Å². The van der Waals surface area contributed by atoms with Gasteiger partial charge in [-0.05, 0) is 104 Å². The number of hydrogen-bond donors (Lipinski definition) is 1. The maximum atomic E-state index is 13.6. The van der Waals surface area contributed by atoms with Gasteiger partial charge in [0.05, 0.1) is 28.8 Å². The van der Waals surface area contributed by atoms with Gasteiger partial charge in [-0.25, -0.2) is 14.6 Å². The van der Waals surface area contributed by atoms with Gasteiger partial charge in [-0.15, -0.1) is 0 Å². The van der Waals surface area contributed by atoms with E-state index < -0.39 is 18.2 Å². The summed E-state index contributed by atoms with van der Waals surface area (Å²) in [6.07, 6.45) is 7.64. The molecule has 4 aliphatic rings. The number of aromatic hydroxyl groups is 1. The highest BCUT2D eigenvalue weighted by molar-refractivity contribution is 6.35. The van der Waals surface area contributed by atoms with Gasteiger partial charge in [0, 0.05) is 31.6 Å². The molecule has 0 spiro atoms. The molecule has 4 fully saturated rings. The van der Waals surface area contributed by atoms with Crippen molar-refractivity contribution in [1.82, 2.24) is 14.9 Å². The predicted molar refractivity (Wildman–Crippen MR) is 189 cm³/mol. The topological polar surface area (TPSA) is 114 Å². The van der Waals surface area contributed by atoms with Crippen molar-refractivity contribution in [3.63, 3.8) is 0 Å². The molecule has 2 bridgehead atoms. The number of phenols is 1. The fourth-order valence-electron chi connectivity index (χ4n) is 6.50. The molecule has 12 heteroatoms. The highest BCUT2D eigenvalue weighted by atomic mass is 35.5. The van der Waals surface area contributed by atoms with E-state index >= 15 is 0 Å². The second kappa shape index (κ2) is 15.2. The summed E-state index contributed by atoms with van der Waals surface area (Å²) < 4.78 is 18.0. The quantitative estimate of drug-likeness (QED) is 0.148. The molecule has 260 valence electrons. The molecule has 2 atom stereocenters. The molecule has 1 amide bonds. The second-order valence-electron chi connectivity index (χ2n) is 13.2. The van der Waals surface area contributed by atoms with Crippen LogP contribution in [0.25, 0.3) is 0 Å². The van der Waals surface area contributed by atoms with E-state index in [1.54, 1.807) is 54.7 Å². The predicted octanol–water partition coefficient (Wildman–Crippen LogP) is 7.66. The van der Waals surface area contributed by atoms with Crippen LogP contribution in [0.15, 0.2) is 79.3 Å². The van der Waals surface area contributed by atoms with Gasteiger partial charge in [-0.1, -0.05) is 47.5 Å². The zero-order valence-corrected chi connectivity index (χ0v) is 28.9. The average molecular weight is 718 g/mol. The van der Waals surface area contributed by atoms with Gasteiger partial charge in [0.1, 0.15) is 18.0 Å². The maximum Gasteiger partial charge on any atom is 0.416 e. The third kappa shape index (κ3) is 8.15. The Balaban J connectivity index is 1.08. The lowest BCUT2D eigenvalue weighted by molar-refractivity contribution is -0.0311. The number of ether oxygens (including phenoxy) is 3. The Hall–Kier alpha value is -4.38. The summed E-state index contributed by atoms with van der Waals surface area (Å²) in [4.78, 5) is 39.5. The number of esters is 1. The molecule has 1 aliphatic carbocycles. The van der Waals surface area contributed by atoms with Crippen LogP contribution in [0.1, 0.15) is 58.8 Å². The summed E-state index contributed by atoms with van der Waals surface area (Å²) in [6.45, 7) is 3.56. The molecular formula is C38H38Cl2N4O6. The number of pyridine rings is 2. The summed E-state index contributed by atoms with van der Waals surface area (Å²) in [5.41, 5.74) is 2.27. The standard InChI is InChI=1S/C38H38Cl2N4O6/c39-30-19-41-20-31(40)29(30)18-33(28-10-11-32(45)34(17-28)48-23-25-4-5-25)49-37(46)27-8-6-24(7-9-27)21-44(36-3-1-2-14-42-36)38(47)50-35-22-43-15-12-26(35)13-16-43/h1-3,6-11,14,17,19-20,25-26,33,35,45H,4-5,12-13,15-16,18,21-23H2/t33-,35+/m1/s1. The van der Waals surface area contributed by atoms with Crippen molar-refractivity contribution < 1.29 is 28.9 Å². The monoisotopic (exact) mass is 716 g/mol. The average Bonchev–Trinajstić information content (AvgIpc) is 3.97. The lowest BCUT2D eigenvalue weighted by Gasteiger charge is -2.44. The van der Waals surface area contributed by atoms with Crippen LogP contribution in [0, 0.1) is 11.8 Å². The molecule has 0 unspecified atom stereocenters. The van der Waals surface area contributed by atoms with Crippen LogP contribution in [-0.4, -0.2) is 64.4 Å². The molecule has 8 rings (SSSR count). The molecule has 0 radical (unpaired) electrons. The first-order chi connectivity index (χ1) is 24.3. The minimum absolute atomic E-state index is 0.00224. The number of carbonyl (C=O) groups is 2. The number of rotatable bonds is 12. The molecule has 1 N–H and O–H groups in total. The molecule has 5 heterocycles. The fraction of sp³-hybridized carbons (Fsp3) is 0.368. The number of halogens is 2. The number of piperidine rings is 3. The zero-order chi connectivity index (χ0) is 34.6. The van der Waals surface area contributed by atoms with E-state index in [1.807, 2.05) is 6.07 Å². The second-order valence-corrected chi connectivity index (χ2v) is 14.0. The van der Waals surface area contributed by atoms with E-state index in [1.165, 1.54) is 23.4 Å². The first kappa shape index (κ1) is 34.1. The van der Waals surface area contributed by atoms with Gasteiger partial charge < -0.3 is 19.3 Å². The van der Waals surface area contributed by atoms with Crippen molar-refractivity contribution in [2.75, 3.05) is 31.1 Å². The molecule has 50 heavy (non-hydrogen) atoms. The van der Waals surface area contributed by atoms with Gasteiger partial charge in [0.25, 0.3) is 0 Å². The van der Waals surface area contributed by atoms with Crippen molar-refractivity contribution in [3.05, 3.63) is 112 Å². The van der Waals surface area contributed by atoms with Crippen LogP contribution in [0.3, 0.4) is 0 Å². The third-order valence-electron chi connectivity index (χ3n) is 9.64. The number of aromatic nitrogens is 2. The molecule has 3 aliphatic heterocycles. The summed E-state index contributed by atoms with van der Waals surface area (Å²) in [5, 5.41) is 11.2. The smallest absolute Gasteiger partial charge is 0.416 e. The van der Waals surface area contributed by atoms with E-state index in [9.17, 15) is 14.7 Å². The highest BCUT2D eigenvalue weighted by Crippen LogP contribution is 2.37. The molecule has 2 aromatic carbocycles.